The van der Waals surface area contributed by atoms with Gasteiger partial charge in [0.1, 0.15) is 0 Å². The molecule has 0 aliphatic heterocycles. The first kappa shape index (κ1) is 15.0. The summed E-state index contributed by atoms with van der Waals surface area (Å²) in [4.78, 5) is 0. The second-order valence-electron chi connectivity index (χ2n) is 6.16. The lowest BCUT2D eigenvalue weighted by Crippen LogP contribution is -2.45. The molecule has 0 aromatic rings. The first-order chi connectivity index (χ1) is 7.76. The molecule has 0 saturated heterocycles. The Hall–Kier alpha value is -0.0900. The van der Waals surface area contributed by atoms with E-state index >= 15 is 0 Å². The molecule has 1 N–H and O–H groups in total. The molecule has 17 heavy (non-hydrogen) atoms. The summed E-state index contributed by atoms with van der Waals surface area (Å²) in [6.07, 6.45) is 4.98. The van der Waals surface area contributed by atoms with Crippen LogP contribution in [0.2, 0.25) is 0 Å². The first-order valence-electron chi connectivity index (χ1n) is 6.71. The molecule has 0 radical (unpaired) electrons. The Morgan fingerprint density at radius 1 is 1.29 bits per heavy atom. The van der Waals surface area contributed by atoms with Crippen LogP contribution in [0.1, 0.15) is 53.4 Å². The molecule has 1 fully saturated rings. The topological polar surface area (TPSA) is 46.2 Å². The van der Waals surface area contributed by atoms with E-state index in [9.17, 15) is 8.42 Å². The minimum absolute atomic E-state index is 0.260. The van der Waals surface area contributed by atoms with E-state index in [4.69, 9.17) is 0 Å². The monoisotopic (exact) mass is 261 g/mol. The van der Waals surface area contributed by atoms with E-state index < -0.39 is 9.84 Å². The molecule has 0 aromatic heterocycles. The lowest BCUT2D eigenvalue weighted by atomic mass is 9.73. The predicted octanol–water partition coefficient (Wildman–Crippen LogP) is 2.37. The normalized spacial score (nSPS) is 25.1. The van der Waals surface area contributed by atoms with E-state index in [2.05, 4.69) is 19.2 Å². The van der Waals surface area contributed by atoms with E-state index in [-0.39, 0.29) is 11.0 Å². The molecule has 0 heterocycles. The number of rotatable bonds is 5. The zero-order valence-corrected chi connectivity index (χ0v) is 12.4. The van der Waals surface area contributed by atoms with E-state index in [0.717, 1.165) is 0 Å². The molecule has 3 nitrogen and oxygen atoms in total. The number of nitrogens with one attached hydrogen (secondary N) is 1. The zero-order valence-electron chi connectivity index (χ0n) is 11.6. The smallest absolute Gasteiger partial charge is 0.153 e. The van der Waals surface area contributed by atoms with Gasteiger partial charge >= 0.3 is 0 Å². The third-order valence-corrected chi connectivity index (χ3v) is 6.21. The van der Waals surface area contributed by atoms with Gasteiger partial charge in [-0.25, -0.2) is 8.42 Å². The van der Waals surface area contributed by atoms with Crippen LogP contribution in [0.5, 0.6) is 0 Å². The van der Waals surface area contributed by atoms with Gasteiger partial charge in [0, 0.05) is 12.6 Å². The molecule has 0 aromatic carbocycles. The third-order valence-electron chi connectivity index (χ3n) is 4.00. The van der Waals surface area contributed by atoms with Gasteiger partial charge in [-0.15, -0.1) is 0 Å². The van der Waals surface area contributed by atoms with E-state index in [1.165, 1.54) is 25.7 Å². The molecule has 4 heteroatoms. The number of hydrogen-bond acceptors (Lipinski definition) is 3. The second kappa shape index (κ2) is 5.70. The van der Waals surface area contributed by atoms with Gasteiger partial charge in [0.2, 0.25) is 0 Å². The molecule has 1 saturated carbocycles. The van der Waals surface area contributed by atoms with Crippen molar-refractivity contribution in [1.82, 2.24) is 5.32 Å². The van der Waals surface area contributed by atoms with Crippen molar-refractivity contribution in [2.75, 3.05) is 12.3 Å². The van der Waals surface area contributed by atoms with E-state index in [0.29, 0.717) is 18.0 Å². The highest BCUT2D eigenvalue weighted by molar-refractivity contribution is 7.92. The highest BCUT2D eigenvalue weighted by Crippen LogP contribution is 2.35. The van der Waals surface area contributed by atoms with Crippen LogP contribution in [0.3, 0.4) is 0 Å². The Bertz CT molecular complexity index is 333. The molecule has 1 aliphatic carbocycles. The summed E-state index contributed by atoms with van der Waals surface area (Å²) in [5.41, 5.74) is 0.305. The molecule has 0 spiro atoms. The summed E-state index contributed by atoms with van der Waals surface area (Å²) in [5, 5.41) is 3.18. The lowest BCUT2D eigenvalue weighted by Gasteiger charge is -2.39. The minimum Gasteiger partial charge on any atom is -0.312 e. The van der Waals surface area contributed by atoms with Crippen LogP contribution < -0.4 is 5.32 Å². The van der Waals surface area contributed by atoms with Crippen LogP contribution in [-0.4, -0.2) is 32.0 Å². The molecule has 102 valence electrons. The molecule has 0 bridgehead atoms. The van der Waals surface area contributed by atoms with Crippen LogP contribution >= 0.6 is 0 Å². The molecule has 1 unspecified atom stereocenters. The lowest BCUT2D eigenvalue weighted by molar-refractivity contribution is 0.170. The fraction of sp³-hybridized carbons (Fsp3) is 1.00. The average molecular weight is 261 g/mol. The van der Waals surface area contributed by atoms with Crippen molar-refractivity contribution in [3.8, 4) is 0 Å². The Morgan fingerprint density at radius 3 is 2.47 bits per heavy atom. The van der Waals surface area contributed by atoms with Crippen LogP contribution in [0.25, 0.3) is 0 Å². The number of hydrogen-bond donors (Lipinski definition) is 1. The van der Waals surface area contributed by atoms with Gasteiger partial charge in [-0.05, 0) is 32.1 Å². The largest absolute Gasteiger partial charge is 0.312 e. The fourth-order valence-electron chi connectivity index (χ4n) is 2.48. The van der Waals surface area contributed by atoms with Crippen LogP contribution in [-0.2, 0) is 9.84 Å². The highest BCUT2D eigenvalue weighted by atomic mass is 32.2. The number of sulfone groups is 1. The van der Waals surface area contributed by atoms with Crippen molar-refractivity contribution in [3.05, 3.63) is 0 Å². The van der Waals surface area contributed by atoms with Gasteiger partial charge in [-0.3, -0.25) is 0 Å². The minimum atomic E-state index is -2.90. The Kier molecular flexibility index (Phi) is 5.02. The maximum Gasteiger partial charge on any atom is 0.153 e. The van der Waals surface area contributed by atoms with Crippen molar-refractivity contribution < 1.29 is 8.42 Å². The Balaban J connectivity index is 2.41. The van der Waals surface area contributed by atoms with Gasteiger partial charge in [0.15, 0.2) is 9.84 Å². The molecular formula is C13H27NO2S. The van der Waals surface area contributed by atoms with E-state index in [1.54, 1.807) is 13.8 Å². The molecule has 1 atom stereocenters. The summed E-state index contributed by atoms with van der Waals surface area (Å²) in [6, 6.07) is 0.471. The van der Waals surface area contributed by atoms with Crippen molar-refractivity contribution >= 4 is 9.84 Å². The van der Waals surface area contributed by atoms with Gasteiger partial charge in [0.25, 0.3) is 0 Å². The van der Waals surface area contributed by atoms with Gasteiger partial charge in [-0.2, -0.15) is 0 Å². The molecular weight excluding hydrogens is 234 g/mol. The van der Waals surface area contributed by atoms with Crippen molar-refractivity contribution in [2.24, 2.45) is 5.41 Å². The SMILES string of the molecule is CC(C)S(=O)(=O)CCNC1CCCCC1(C)C. The van der Waals surface area contributed by atoms with Crippen LogP contribution in [0.4, 0.5) is 0 Å². The standard InChI is InChI=1S/C13H27NO2S/c1-11(2)17(15,16)10-9-14-12-7-5-6-8-13(12,3)4/h11-12,14H,5-10H2,1-4H3. The Morgan fingerprint density at radius 2 is 1.94 bits per heavy atom. The van der Waals surface area contributed by atoms with Gasteiger partial charge in [0.05, 0.1) is 11.0 Å². The van der Waals surface area contributed by atoms with Crippen molar-refractivity contribution in [2.45, 2.75) is 64.7 Å². The third kappa shape index (κ3) is 4.25. The summed E-state index contributed by atoms with van der Waals surface area (Å²) >= 11 is 0. The molecule has 1 aliphatic rings. The van der Waals surface area contributed by atoms with Crippen molar-refractivity contribution in [3.63, 3.8) is 0 Å². The van der Waals surface area contributed by atoms with Crippen LogP contribution in [0, 0.1) is 5.41 Å². The molecule has 0 amide bonds. The van der Waals surface area contributed by atoms with Gasteiger partial charge in [-0.1, -0.05) is 26.7 Å². The average Bonchev–Trinajstić information content (AvgIpc) is 2.20. The maximum atomic E-state index is 11.7. The highest BCUT2D eigenvalue weighted by Gasteiger charge is 2.31. The summed E-state index contributed by atoms with van der Waals surface area (Å²) in [6.45, 7) is 8.65. The quantitative estimate of drug-likeness (QED) is 0.826. The zero-order chi connectivity index (χ0) is 13.1. The van der Waals surface area contributed by atoms with E-state index in [1.807, 2.05) is 0 Å². The maximum absolute atomic E-state index is 11.7. The summed E-state index contributed by atoms with van der Waals surface area (Å²) in [7, 11) is -2.90. The van der Waals surface area contributed by atoms with Crippen LogP contribution in [0.15, 0.2) is 0 Å². The van der Waals surface area contributed by atoms with Crippen molar-refractivity contribution in [1.29, 1.82) is 0 Å². The Labute approximate surface area is 106 Å². The molecule has 1 rings (SSSR count). The fourth-order valence-corrected chi connectivity index (χ4v) is 3.36. The van der Waals surface area contributed by atoms with Gasteiger partial charge < -0.3 is 5.32 Å². The summed E-state index contributed by atoms with van der Waals surface area (Å²) < 4.78 is 23.4. The summed E-state index contributed by atoms with van der Waals surface area (Å²) in [5.74, 6) is 0.261. The first-order valence-corrected chi connectivity index (χ1v) is 8.42. The predicted molar refractivity (Wildman–Crippen MR) is 73.0 cm³/mol. The second-order valence-corrected chi connectivity index (χ2v) is 8.83.